The van der Waals surface area contributed by atoms with Crippen LogP contribution in [-0.4, -0.2) is 23.1 Å². The van der Waals surface area contributed by atoms with Gasteiger partial charge in [-0.15, -0.1) is 0 Å². The molecule has 1 aromatic rings. The van der Waals surface area contributed by atoms with Gasteiger partial charge in [0, 0.05) is 16.7 Å². The van der Waals surface area contributed by atoms with Crippen LogP contribution in [0.15, 0.2) is 29.2 Å². The quantitative estimate of drug-likeness (QED) is 0.826. The molecule has 0 aliphatic heterocycles. The lowest BCUT2D eigenvalue weighted by atomic mass is 10.2. The number of nitrogens with one attached hydrogen (secondary N) is 1. The van der Waals surface area contributed by atoms with Crippen molar-refractivity contribution < 1.29 is 4.21 Å². The number of hydrogen-bond acceptors (Lipinski definition) is 2. The van der Waals surface area contributed by atoms with E-state index in [1.807, 2.05) is 38.2 Å². The largest absolute Gasteiger partial charge is 0.316 e. The molecule has 1 N–H and O–H groups in total. The molecule has 1 aromatic carbocycles. The van der Waals surface area contributed by atoms with E-state index in [-0.39, 0.29) is 0 Å². The lowest BCUT2D eigenvalue weighted by Gasteiger charge is -2.15. The molecule has 0 heterocycles. The van der Waals surface area contributed by atoms with E-state index in [1.54, 1.807) is 0 Å². The predicted molar refractivity (Wildman–Crippen MR) is 70.2 cm³/mol. The number of hydrogen-bond donors (Lipinski definition) is 1. The Balaban J connectivity index is 2.68. The van der Waals surface area contributed by atoms with E-state index in [1.165, 1.54) is 0 Å². The third kappa shape index (κ3) is 3.72. The Morgan fingerprint density at radius 2 is 2.06 bits per heavy atom. The summed E-state index contributed by atoms with van der Waals surface area (Å²) < 4.78 is 12.2. The average molecular weight is 239 g/mol. The van der Waals surface area contributed by atoms with Crippen molar-refractivity contribution in [1.82, 2.24) is 5.32 Å². The van der Waals surface area contributed by atoms with Gasteiger partial charge in [-0.2, -0.15) is 0 Å². The summed E-state index contributed by atoms with van der Waals surface area (Å²) in [5.74, 6) is 0.704. The van der Waals surface area contributed by atoms with Gasteiger partial charge in [-0.05, 0) is 32.0 Å². The molecule has 0 fully saturated rings. The van der Waals surface area contributed by atoms with Crippen molar-refractivity contribution in [2.75, 3.05) is 12.8 Å². The maximum Gasteiger partial charge on any atom is 0.0547 e. The van der Waals surface area contributed by atoms with Gasteiger partial charge in [0.05, 0.1) is 10.8 Å². The van der Waals surface area contributed by atoms with Gasteiger partial charge < -0.3 is 5.32 Å². The van der Waals surface area contributed by atoms with Gasteiger partial charge in [0.25, 0.3) is 0 Å². The summed E-state index contributed by atoms with van der Waals surface area (Å²) in [6, 6.07) is 8.27. The smallest absolute Gasteiger partial charge is 0.0547 e. The van der Waals surface area contributed by atoms with Crippen LogP contribution in [0.2, 0.25) is 0 Å². The first-order valence-corrected chi connectivity index (χ1v) is 7.12. The fraction of sp³-hybridized carbons (Fsp3) is 0.538. The highest BCUT2D eigenvalue weighted by Crippen LogP contribution is 2.14. The van der Waals surface area contributed by atoms with Crippen molar-refractivity contribution in [3.63, 3.8) is 0 Å². The highest BCUT2D eigenvalue weighted by atomic mass is 32.2. The molecule has 0 aliphatic rings. The zero-order valence-electron chi connectivity index (χ0n) is 10.3. The maximum atomic E-state index is 12.2. The molecule has 3 heteroatoms. The molecule has 0 aromatic heterocycles. The molecule has 2 nitrogen and oxygen atoms in total. The van der Waals surface area contributed by atoms with Gasteiger partial charge in [0.2, 0.25) is 0 Å². The minimum absolute atomic E-state index is 0.352. The second-order valence-electron chi connectivity index (χ2n) is 4.05. The monoisotopic (exact) mass is 239 g/mol. The molecule has 90 valence electrons. The van der Waals surface area contributed by atoms with Crippen LogP contribution in [0, 0.1) is 6.92 Å². The van der Waals surface area contributed by atoms with Gasteiger partial charge in [-0.25, -0.2) is 0 Å². The fourth-order valence-corrected chi connectivity index (χ4v) is 3.28. The van der Waals surface area contributed by atoms with E-state index in [0.717, 1.165) is 23.3 Å². The molecule has 2 unspecified atom stereocenters. The molecular formula is C13H21NOS. The zero-order valence-corrected chi connectivity index (χ0v) is 11.1. The molecule has 0 amide bonds. The zero-order chi connectivity index (χ0) is 12.0. The van der Waals surface area contributed by atoms with Crippen LogP contribution in [-0.2, 0) is 10.8 Å². The standard InChI is InChI=1S/C13H21NOS/c1-4-7-12(14-3)10-16(15)13-9-6-5-8-11(13)2/h5-6,8-9,12,14H,4,7,10H2,1-3H3. The van der Waals surface area contributed by atoms with Crippen molar-refractivity contribution >= 4 is 10.8 Å². The molecule has 0 bridgehead atoms. The van der Waals surface area contributed by atoms with Gasteiger partial charge in [-0.1, -0.05) is 31.5 Å². The van der Waals surface area contributed by atoms with Crippen molar-refractivity contribution in [3.8, 4) is 0 Å². The third-order valence-corrected chi connectivity index (χ3v) is 4.39. The Bertz CT molecular complexity index is 352. The Hall–Kier alpha value is -0.670. The van der Waals surface area contributed by atoms with Crippen molar-refractivity contribution in [2.45, 2.75) is 37.6 Å². The summed E-state index contributed by atoms with van der Waals surface area (Å²) in [7, 11) is 1.05. The van der Waals surface area contributed by atoms with Gasteiger partial charge in [0.15, 0.2) is 0 Å². The third-order valence-electron chi connectivity index (χ3n) is 2.74. The van der Waals surface area contributed by atoms with Gasteiger partial charge in [-0.3, -0.25) is 4.21 Å². The Morgan fingerprint density at radius 3 is 2.62 bits per heavy atom. The van der Waals surface area contributed by atoms with Crippen molar-refractivity contribution in [1.29, 1.82) is 0 Å². The van der Waals surface area contributed by atoms with Crippen molar-refractivity contribution in [3.05, 3.63) is 29.8 Å². The number of benzene rings is 1. The normalized spacial score (nSPS) is 14.7. The molecule has 1 rings (SSSR count). The summed E-state index contributed by atoms with van der Waals surface area (Å²) in [4.78, 5) is 0.971. The maximum absolute atomic E-state index is 12.2. The van der Waals surface area contributed by atoms with Crippen LogP contribution in [0.5, 0.6) is 0 Å². The Morgan fingerprint density at radius 1 is 1.38 bits per heavy atom. The topological polar surface area (TPSA) is 29.1 Å². The van der Waals surface area contributed by atoms with Gasteiger partial charge >= 0.3 is 0 Å². The lowest BCUT2D eigenvalue weighted by Crippen LogP contribution is -2.30. The molecule has 16 heavy (non-hydrogen) atoms. The summed E-state index contributed by atoms with van der Waals surface area (Å²) in [6.45, 7) is 4.17. The second-order valence-corrected chi connectivity index (χ2v) is 5.52. The molecule has 0 aliphatic carbocycles. The van der Waals surface area contributed by atoms with E-state index >= 15 is 0 Å². The van der Waals surface area contributed by atoms with Crippen LogP contribution in [0.1, 0.15) is 25.3 Å². The minimum atomic E-state index is -0.889. The SMILES string of the molecule is CCCC(CS(=O)c1ccccc1C)NC. The van der Waals surface area contributed by atoms with E-state index in [4.69, 9.17) is 0 Å². The molecule has 0 saturated heterocycles. The first-order valence-electron chi connectivity index (χ1n) is 5.80. The second kappa shape index (κ2) is 6.81. The summed E-state index contributed by atoms with van der Waals surface area (Å²) in [6.07, 6.45) is 2.20. The Labute approximate surface area is 101 Å². The first kappa shape index (κ1) is 13.4. The number of rotatable bonds is 6. The molecule has 0 radical (unpaired) electrons. The predicted octanol–water partition coefficient (Wildman–Crippen LogP) is 2.49. The molecular weight excluding hydrogens is 218 g/mol. The minimum Gasteiger partial charge on any atom is -0.316 e. The van der Waals surface area contributed by atoms with Crippen LogP contribution in [0.4, 0.5) is 0 Å². The molecule has 0 spiro atoms. The first-order chi connectivity index (χ1) is 7.69. The highest BCUT2D eigenvalue weighted by molar-refractivity contribution is 7.85. The van der Waals surface area contributed by atoms with Crippen LogP contribution in [0.25, 0.3) is 0 Å². The van der Waals surface area contributed by atoms with Crippen LogP contribution >= 0.6 is 0 Å². The van der Waals surface area contributed by atoms with E-state index in [9.17, 15) is 4.21 Å². The van der Waals surface area contributed by atoms with Gasteiger partial charge in [0.1, 0.15) is 0 Å². The fourth-order valence-electron chi connectivity index (χ4n) is 1.74. The van der Waals surface area contributed by atoms with E-state index < -0.39 is 10.8 Å². The Kier molecular flexibility index (Phi) is 5.71. The summed E-state index contributed by atoms with van der Waals surface area (Å²) >= 11 is 0. The van der Waals surface area contributed by atoms with E-state index in [2.05, 4.69) is 12.2 Å². The lowest BCUT2D eigenvalue weighted by molar-refractivity contribution is 0.557. The summed E-state index contributed by atoms with van der Waals surface area (Å²) in [5.41, 5.74) is 1.12. The van der Waals surface area contributed by atoms with Crippen LogP contribution < -0.4 is 5.32 Å². The van der Waals surface area contributed by atoms with Crippen molar-refractivity contribution in [2.24, 2.45) is 0 Å². The average Bonchev–Trinajstić information content (AvgIpc) is 2.28. The van der Waals surface area contributed by atoms with Crippen LogP contribution in [0.3, 0.4) is 0 Å². The number of aryl methyl sites for hydroxylation is 1. The highest BCUT2D eigenvalue weighted by Gasteiger charge is 2.12. The summed E-state index contributed by atoms with van der Waals surface area (Å²) in [5, 5.41) is 3.23. The van der Waals surface area contributed by atoms with E-state index in [0.29, 0.717) is 11.8 Å². The molecule has 2 atom stereocenters. The molecule has 0 saturated carbocycles.